The van der Waals surface area contributed by atoms with E-state index in [0.29, 0.717) is 6.42 Å². The van der Waals surface area contributed by atoms with Gasteiger partial charge in [-0.2, -0.15) is 0 Å². The van der Waals surface area contributed by atoms with E-state index in [-0.39, 0.29) is 13.0 Å². The fourth-order valence-electron chi connectivity index (χ4n) is 0.870. The lowest BCUT2D eigenvalue weighted by Crippen LogP contribution is -1.91. The van der Waals surface area contributed by atoms with Crippen molar-refractivity contribution in [1.82, 2.24) is 0 Å². The van der Waals surface area contributed by atoms with Crippen LogP contribution in [-0.4, -0.2) is 0 Å². The Hall–Kier alpha value is -0.920. The number of rotatable bonds is 1. The van der Waals surface area contributed by atoms with Crippen LogP contribution in [0.5, 0.6) is 0 Å². The van der Waals surface area contributed by atoms with E-state index in [1.807, 2.05) is 0 Å². The summed E-state index contributed by atoms with van der Waals surface area (Å²) >= 11 is 0. The Bertz CT molecular complexity index is 211. The lowest BCUT2D eigenvalue weighted by atomic mass is 10.1. The van der Waals surface area contributed by atoms with Crippen molar-refractivity contribution in [1.29, 1.82) is 0 Å². The Balaban J connectivity index is 0.000001000. The first kappa shape index (κ1) is 10.1. The first-order chi connectivity index (χ1) is 4.75. The molecular weight excluding hydrogens is 146 g/mol. The molecule has 0 radical (unpaired) electrons. The molecule has 0 aliphatic carbocycles. The van der Waals surface area contributed by atoms with Crippen molar-refractivity contribution in [3.63, 3.8) is 0 Å². The molecule has 0 saturated carbocycles. The molecule has 0 aromatic heterocycles. The predicted molar refractivity (Wildman–Crippen MR) is 42.5 cm³/mol. The summed E-state index contributed by atoms with van der Waals surface area (Å²) in [5, 5.41) is 0. The first-order valence-electron chi connectivity index (χ1n) is 3.18. The summed E-state index contributed by atoms with van der Waals surface area (Å²) in [6.07, 6.45) is 0.401. The van der Waals surface area contributed by atoms with E-state index in [9.17, 15) is 8.78 Å². The van der Waals surface area contributed by atoms with Crippen LogP contribution in [0.3, 0.4) is 0 Å². The number of hydrogen-bond acceptors (Lipinski definition) is 0. The third kappa shape index (κ3) is 2.00. The lowest BCUT2D eigenvalue weighted by molar-refractivity contribution is 0.559. The maximum absolute atomic E-state index is 12.6. The highest BCUT2D eigenvalue weighted by molar-refractivity contribution is 5.19. The first-order valence-corrected chi connectivity index (χ1v) is 3.18. The van der Waals surface area contributed by atoms with Crippen LogP contribution in [0.1, 0.15) is 19.9 Å². The summed E-state index contributed by atoms with van der Waals surface area (Å²) in [6, 6.07) is 3.90. The number of benzene rings is 1. The van der Waals surface area contributed by atoms with Gasteiger partial charge >= 0.3 is 0 Å². The molecule has 2 heteroatoms. The van der Waals surface area contributed by atoms with Gasteiger partial charge in [-0.25, -0.2) is 8.78 Å². The minimum absolute atomic E-state index is 0. The Labute approximate surface area is 65.9 Å². The normalized spacial score (nSPS) is 9.00. The molecule has 11 heavy (non-hydrogen) atoms. The van der Waals surface area contributed by atoms with Crippen LogP contribution in [0.15, 0.2) is 18.2 Å². The Morgan fingerprint density at radius 1 is 1.18 bits per heavy atom. The molecule has 0 N–H and O–H groups in total. The van der Waals surface area contributed by atoms with Gasteiger partial charge in [0.1, 0.15) is 11.6 Å². The maximum atomic E-state index is 12.6. The number of halogens is 2. The summed E-state index contributed by atoms with van der Waals surface area (Å²) in [6.45, 7) is 1.72. The van der Waals surface area contributed by atoms with E-state index < -0.39 is 11.6 Å². The quantitative estimate of drug-likeness (QED) is 0.589. The zero-order valence-electron chi connectivity index (χ0n) is 5.70. The smallest absolute Gasteiger partial charge is 0.129 e. The minimum atomic E-state index is -0.456. The van der Waals surface area contributed by atoms with E-state index in [2.05, 4.69) is 0 Å². The van der Waals surface area contributed by atoms with Crippen LogP contribution < -0.4 is 0 Å². The van der Waals surface area contributed by atoms with Crippen molar-refractivity contribution in [2.45, 2.75) is 20.8 Å². The van der Waals surface area contributed by atoms with Gasteiger partial charge in [0, 0.05) is 5.56 Å². The second-order valence-electron chi connectivity index (χ2n) is 2.05. The van der Waals surface area contributed by atoms with Gasteiger partial charge in [-0.3, -0.25) is 0 Å². The molecule has 0 heterocycles. The second-order valence-corrected chi connectivity index (χ2v) is 2.05. The van der Waals surface area contributed by atoms with E-state index in [1.54, 1.807) is 6.92 Å². The van der Waals surface area contributed by atoms with Gasteiger partial charge in [0.05, 0.1) is 0 Å². The van der Waals surface area contributed by atoms with Crippen LogP contribution in [-0.2, 0) is 6.42 Å². The molecule has 62 valence electrons. The van der Waals surface area contributed by atoms with Crippen molar-refractivity contribution >= 4 is 0 Å². The summed E-state index contributed by atoms with van der Waals surface area (Å²) in [5.41, 5.74) is 0.169. The topological polar surface area (TPSA) is 0 Å². The van der Waals surface area contributed by atoms with E-state index in [0.717, 1.165) is 0 Å². The largest absolute Gasteiger partial charge is 0.207 e. The molecule has 0 nitrogen and oxygen atoms in total. The zero-order chi connectivity index (χ0) is 7.56. The maximum Gasteiger partial charge on any atom is 0.129 e. The third-order valence-corrected chi connectivity index (χ3v) is 1.42. The molecule has 1 rings (SSSR count). The summed E-state index contributed by atoms with van der Waals surface area (Å²) in [7, 11) is 0. The van der Waals surface area contributed by atoms with Gasteiger partial charge in [-0.15, -0.1) is 0 Å². The highest BCUT2D eigenvalue weighted by atomic mass is 19.1. The van der Waals surface area contributed by atoms with Crippen molar-refractivity contribution in [3.8, 4) is 0 Å². The number of hydrogen-bond donors (Lipinski definition) is 0. The molecule has 0 unspecified atom stereocenters. The molecule has 1 aromatic carbocycles. The van der Waals surface area contributed by atoms with Crippen LogP contribution in [0.4, 0.5) is 8.78 Å². The summed E-state index contributed by atoms with van der Waals surface area (Å²) < 4.78 is 25.2. The average molecular weight is 158 g/mol. The summed E-state index contributed by atoms with van der Waals surface area (Å²) in [4.78, 5) is 0. The Morgan fingerprint density at radius 3 is 1.91 bits per heavy atom. The highest BCUT2D eigenvalue weighted by Crippen LogP contribution is 2.11. The summed E-state index contributed by atoms with van der Waals surface area (Å²) in [5.74, 6) is -0.912. The van der Waals surface area contributed by atoms with Gasteiger partial charge in [0.25, 0.3) is 0 Å². The zero-order valence-corrected chi connectivity index (χ0v) is 5.70. The third-order valence-electron chi connectivity index (χ3n) is 1.42. The van der Waals surface area contributed by atoms with Gasteiger partial charge in [0.15, 0.2) is 0 Å². The molecule has 0 spiro atoms. The van der Waals surface area contributed by atoms with Crippen molar-refractivity contribution in [2.75, 3.05) is 0 Å². The van der Waals surface area contributed by atoms with Crippen LogP contribution >= 0.6 is 0 Å². The van der Waals surface area contributed by atoms with Crippen molar-refractivity contribution < 1.29 is 8.78 Å². The molecule has 0 atom stereocenters. The average Bonchev–Trinajstić information content (AvgIpc) is 1.88. The molecule has 0 bridgehead atoms. The van der Waals surface area contributed by atoms with Crippen LogP contribution in [0.2, 0.25) is 0 Å². The standard InChI is InChI=1S/C8H8F2.CH4/c1-2-6-7(9)4-3-5-8(6)10;/h3-5H,2H2,1H3;1H4. The molecule has 1 aromatic rings. The van der Waals surface area contributed by atoms with E-state index in [4.69, 9.17) is 0 Å². The Kier molecular flexibility index (Phi) is 3.72. The van der Waals surface area contributed by atoms with E-state index in [1.165, 1.54) is 18.2 Å². The fraction of sp³-hybridized carbons (Fsp3) is 0.333. The molecule has 0 saturated heterocycles. The highest BCUT2D eigenvalue weighted by Gasteiger charge is 2.03. The Morgan fingerprint density at radius 2 is 1.64 bits per heavy atom. The molecule has 0 fully saturated rings. The minimum Gasteiger partial charge on any atom is -0.207 e. The molecular formula is C9H12F2. The fourth-order valence-corrected chi connectivity index (χ4v) is 0.870. The second kappa shape index (κ2) is 4.06. The SMILES string of the molecule is C.CCc1c(F)cccc1F. The molecule has 0 amide bonds. The monoisotopic (exact) mass is 158 g/mol. The van der Waals surface area contributed by atoms with Crippen LogP contribution in [0.25, 0.3) is 0 Å². The van der Waals surface area contributed by atoms with Gasteiger partial charge in [-0.05, 0) is 18.6 Å². The van der Waals surface area contributed by atoms with E-state index >= 15 is 0 Å². The molecule has 0 aliphatic rings. The lowest BCUT2D eigenvalue weighted by Gasteiger charge is -1.98. The predicted octanol–water partition coefficient (Wildman–Crippen LogP) is 3.16. The van der Waals surface area contributed by atoms with Crippen molar-refractivity contribution in [3.05, 3.63) is 35.4 Å². The van der Waals surface area contributed by atoms with Crippen LogP contribution in [0, 0.1) is 11.6 Å². The van der Waals surface area contributed by atoms with Gasteiger partial charge in [-0.1, -0.05) is 20.4 Å². The van der Waals surface area contributed by atoms with Crippen molar-refractivity contribution in [2.24, 2.45) is 0 Å². The molecule has 0 aliphatic heterocycles. The van der Waals surface area contributed by atoms with Gasteiger partial charge in [0.2, 0.25) is 0 Å². The van der Waals surface area contributed by atoms with Gasteiger partial charge < -0.3 is 0 Å².